The Hall–Kier alpha value is -0.730. The highest BCUT2D eigenvalue weighted by molar-refractivity contribution is 5.68. The van der Waals surface area contributed by atoms with E-state index in [2.05, 4.69) is 0 Å². The van der Waals surface area contributed by atoms with E-state index in [0.717, 1.165) is 36.8 Å². The molecule has 1 aliphatic heterocycles. The van der Waals surface area contributed by atoms with Gasteiger partial charge < -0.3 is 9.64 Å². The summed E-state index contributed by atoms with van der Waals surface area (Å²) in [5.74, 6) is 3.48. The molecule has 3 aliphatic rings. The first-order valence-corrected chi connectivity index (χ1v) is 6.43. The maximum Gasteiger partial charge on any atom is 0.410 e. The van der Waals surface area contributed by atoms with Gasteiger partial charge in [-0.15, -0.1) is 0 Å². The molecule has 0 aromatic heterocycles. The first-order valence-electron chi connectivity index (χ1n) is 6.43. The van der Waals surface area contributed by atoms with Crippen LogP contribution in [0.5, 0.6) is 0 Å². The van der Waals surface area contributed by atoms with E-state index < -0.39 is 0 Å². The third kappa shape index (κ3) is 1.44. The monoisotopic (exact) mass is 223 g/mol. The summed E-state index contributed by atoms with van der Waals surface area (Å²) in [7, 11) is 0. The molecule has 16 heavy (non-hydrogen) atoms. The van der Waals surface area contributed by atoms with Crippen LogP contribution in [0.15, 0.2) is 0 Å². The van der Waals surface area contributed by atoms with Crippen molar-refractivity contribution in [2.75, 3.05) is 13.1 Å². The zero-order chi connectivity index (χ0) is 11.5. The number of nitrogens with zero attached hydrogens (tertiary/aromatic N) is 1. The van der Waals surface area contributed by atoms with Crippen LogP contribution in [-0.2, 0) is 4.74 Å². The van der Waals surface area contributed by atoms with Crippen LogP contribution in [0.2, 0.25) is 0 Å². The summed E-state index contributed by atoms with van der Waals surface area (Å²) < 4.78 is 5.42. The normalized spacial score (nSPS) is 40.6. The molecule has 0 spiro atoms. The molecule has 0 bridgehead atoms. The van der Waals surface area contributed by atoms with Crippen LogP contribution in [0, 0.1) is 23.7 Å². The fourth-order valence-corrected chi connectivity index (χ4v) is 3.70. The molecule has 3 nitrogen and oxygen atoms in total. The number of ether oxygens (including phenoxy) is 1. The summed E-state index contributed by atoms with van der Waals surface area (Å²) in [6.45, 7) is 7.68. The van der Waals surface area contributed by atoms with E-state index in [-0.39, 0.29) is 11.7 Å². The number of carbonyl (C=O) groups is 1. The van der Waals surface area contributed by atoms with Crippen LogP contribution >= 0.6 is 0 Å². The highest BCUT2D eigenvalue weighted by Crippen LogP contribution is 2.61. The molecular formula is C13H21NO2. The molecule has 1 saturated heterocycles. The van der Waals surface area contributed by atoms with Crippen molar-refractivity contribution in [1.82, 2.24) is 4.90 Å². The zero-order valence-electron chi connectivity index (χ0n) is 10.4. The number of likely N-dealkylation sites (tertiary alicyclic amines) is 1. The van der Waals surface area contributed by atoms with Gasteiger partial charge in [0.25, 0.3) is 0 Å². The molecule has 3 fully saturated rings. The molecule has 3 rings (SSSR count). The van der Waals surface area contributed by atoms with Crippen molar-refractivity contribution in [1.29, 1.82) is 0 Å². The van der Waals surface area contributed by atoms with Crippen LogP contribution in [0.4, 0.5) is 4.79 Å². The lowest BCUT2D eigenvalue weighted by atomic mass is 9.48. The lowest BCUT2D eigenvalue weighted by Crippen LogP contribution is -2.52. The Kier molecular flexibility index (Phi) is 2.05. The summed E-state index contributed by atoms with van der Waals surface area (Å²) in [6, 6.07) is 0. The topological polar surface area (TPSA) is 29.5 Å². The van der Waals surface area contributed by atoms with Gasteiger partial charge in [-0.2, -0.15) is 0 Å². The Balaban J connectivity index is 1.59. The van der Waals surface area contributed by atoms with Crippen molar-refractivity contribution < 1.29 is 9.53 Å². The Morgan fingerprint density at radius 3 is 1.94 bits per heavy atom. The Bertz CT molecular complexity index is 302. The highest BCUT2D eigenvalue weighted by atomic mass is 16.6. The number of rotatable bonds is 0. The van der Waals surface area contributed by atoms with Gasteiger partial charge in [0.1, 0.15) is 5.60 Å². The number of fused-ring (bicyclic) bond motifs is 4. The number of hydrogen-bond donors (Lipinski definition) is 0. The Morgan fingerprint density at radius 2 is 1.56 bits per heavy atom. The SMILES string of the molecule is CC(C)(C)OC(=O)N1C[C@@H]2[C@H]3CC[C@H]3[C@@H]2C1. The quantitative estimate of drug-likeness (QED) is 0.631. The van der Waals surface area contributed by atoms with Crippen molar-refractivity contribution >= 4 is 6.09 Å². The first-order chi connectivity index (χ1) is 7.46. The Morgan fingerprint density at radius 1 is 1.06 bits per heavy atom. The van der Waals surface area contributed by atoms with Gasteiger partial charge in [0.15, 0.2) is 0 Å². The lowest BCUT2D eigenvalue weighted by molar-refractivity contribution is -0.0699. The van der Waals surface area contributed by atoms with Crippen LogP contribution < -0.4 is 0 Å². The van der Waals surface area contributed by atoms with Gasteiger partial charge in [0.05, 0.1) is 0 Å². The van der Waals surface area contributed by atoms with Crippen LogP contribution in [0.1, 0.15) is 33.6 Å². The molecule has 0 radical (unpaired) electrons. The molecule has 0 unspecified atom stereocenters. The second-order valence-corrected chi connectivity index (χ2v) is 6.62. The molecule has 1 heterocycles. The van der Waals surface area contributed by atoms with Crippen molar-refractivity contribution in [3.05, 3.63) is 0 Å². The Labute approximate surface area is 97.1 Å². The third-order valence-electron chi connectivity index (χ3n) is 4.55. The predicted octanol–water partition coefficient (Wildman–Crippen LogP) is 2.51. The fraction of sp³-hybridized carbons (Fsp3) is 0.923. The summed E-state index contributed by atoms with van der Waals surface area (Å²) in [4.78, 5) is 13.8. The maximum absolute atomic E-state index is 11.9. The van der Waals surface area contributed by atoms with Gasteiger partial charge in [-0.1, -0.05) is 0 Å². The minimum absolute atomic E-state index is 0.110. The molecule has 2 aliphatic carbocycles. The second-order valence-electron chi connectivity index (χ2n) is 6.62. The van der Waals surface area contributed by atoms with E-state index in [1.165, 1.54) is 12.8 Å². The zero-order valence-corrected chi connectivity index (χ0v) is 10.4. The average molecular weight is 223 g/mol. The minimum Gasteiger partial charge on any atom is -0.444 e. The van der Waals surface area contributed by atoms with Crippen molar-refractivity contribution in [2.45, 2.75) is 39.2 Å². The van der Waals surface area contributed by atoms with E-state index >= 15 is 0 Å². The first kappa shape index (κ1) is 10.4. The fourth-order valence-electron chi connectivity index (χ4n) is 3.70. The van der Waals surface area contributed by atoms with Crippen LogP contribution in [-0.4, -0.2) is 29.7 Å². The van der Waals surface area contributed by atoms with Gasteiger partial charge in [0, 0.05) is 13.1 Å². The summed E-state index contributed by atoms with van der Waals surface area (Å²) >= 11 is 0. The molecule has 1 amide bonds. The molecule has 0 aromatic rings. The summed E-state index contributed by atoms with van der Waals surface area (Å²) in [6.07, 6.45) is 2.68. The second kappa shape index (κ2) is 3.14. The molecule has 3 heteroatoms. The standard InChI is InChI=1S/C13H21NO2/c1-13(2,3)16-12(15)14-6-10-8-4-5-9(8)11(10)7-14/h8-11H,4-7H2,1-3H3/t8-,9+,10+,11-. The van der Waals surface area contributed by atoms with Crippen molar-refractivity contribution in [3.63, 3.8) is 0 Å². The molecule has 0 aromatic carbocycles. The van der Waals surface area contributed by atoms with E-state index in [1.54, 1.807) is 0 Å². The van der Waals surface area contributed by atoms with Crippen LogP contribution in [0.25, 0.3) is 0 Å². The van der Waals surface area contributed by atoms with Gasteiger partial charge in [-0.25, -0.2) is 4.79 Å². The lowest BCUT2D eigenvalue weighted by Gasteiger charge is -2.56. The number of hydrogen-bond acceptors (Lipinski definition) is 2. The summed E-state index contributed by atoms with van der Waals surface area (Å²) in [5.41, 5.74) is -0.363. The summed E-state index contributed by atoms with van der Waals surface area (Å²) in [5, 5.41) is 0. The van der Waals surface area contributed by atoms with Gasteiger partial charge >= 0.3 is 6.09 Å². The predicted molar refractivity (Wildman–Crippen MR) is 61.0 cm³/mol. The van der Waals surface area contributed by atoms with Crippen molar-refractivity contribution in [2.24, 2.45) is 23.7 Å². The molecule has 0 N–H and O–H groups in total. The van der Waals surface area contributed by atoms with Crippen LogP contribution in [0.3, 0.4) is 0 Å². The minimum atomic E-state index is -0.363. The van der Waals surface area contributed by atoms with Crippen molar-refractivity contribution in [3.8, 4) is 0 Å². The van der Waals surface area contributed by atoms with E-state index in [1.807, 2.05) is 25.7 Å². The van der Waals surface area contributed by atoms with Gasteiger partial charge in [-0.05, 0) is 57.3 Å². The van der Waals surface area contributed by atoms with E-state index in [0.29, 0.717) is 0 Å². The smallest absolute Gasteiger partial charge is 0.410 e. The highest BCUT2D eigenvalue weighted by Gasteiger charge is 2.59. The number of amides is 1. The third-order valence-corrected chi connectivity index (χ3v) is 4.55. The van der Waals surface area contributed by atoms with E-state index in [9.17, 15) is 4.79 Å². The average Bonchev–Trinajstić information content (AvgIpc) is 2.42. The molecule has 90 valence electrons. The van der Waals surface area contributed by atoms with Gasteiger partial charge in [0.2, 0.25) is 0 Å². The van der Waals surface area contributed by atoms with Gasteiger partial charge in [-0.3, -0.25) is 0 Å². The molecular weight excluding hydrogens is 202 g/mol. The maximum atomic E-state index is 11.9. The number of carbonyl (C=O) groups excluding carboxylic acids is 1. The molecule has 4 atom stereocenters. The van der Waals surface area contributed by atoms with E-state index in [4.69, 9.17) is 4.74 Å². The largest absolute Gasteiger partial charge is 0.444 e. The molecule has 2 saturated carbocycles.